The molecule has 9 rings (SSSR count). The van der Waals surface area contributed by atoms with E-state index in [2.05, 4.69) is 47.6 Å². The molecule has 5 saturated heterocycles. The van der Waals surface area contributed by atoms with Gasteiger partial charge < -0.3 is 83.9 Å². The van der Waals surface area contributed by atoms with Crippen molar-refractivity contribution >= 4 is 0 Å². The predicted molar refractivity (Wildman–Crippen MR) is 219 cm³/mol. The molecule has 4 saturated carbocycles. The van der Waals surface area contributed by atoms with E-state index in [1.54, 1.807) is 0 Å². The molecule has 5 aliphatic heterocycles. The molecule has 2 spiro atoms. The highest BCUT2D eigenvalue weighted by molar-refractivity contribution is 5.26. The van der Waals surface area contributed by atoms with E-state index < -0.39 is 110 Å². The second-order valence-corrected chi connectivity index (χ2v) is 22.5. The Kier molecular flexibility index (Phi) is 12.2. The zero-order valence-electron chi connectivity index (χ0n) is 37.8. The molecule has 0 radical (unpaired) electrons. The Labute approximate surface area is 369 Å². The van der Waals surface area contributed by atoms with Crippen LogP contribution in [0.15, 0.2) is 11.6 Å². The van der Waals surface area contributed by atoms with Gasteiger partial charge in [-0.15, -0.1) is 0 Å². The molecule has 2 bridgehead atoms. The van der Waals surface area contributed by atoms with Crippen molar-refractivity contribution in [1.29, 1.82) is 0 Å². The van der Waals surface area contributed by atoms with E-state index in [0.717, 1.165) is 44.1 Å². The molecule has 0 amide bonds. The smallest absolute Gasteiger partial charge is 0.187 e. The molecular weight excluding hydrogens is 824 g/mol. The molecule has 17 heteroatoms. The standard InChI is InChI=1S/C46H74O17/c1-21(2)14-22-15-44(7,55)37-23-8-9-28-42(5)12-11-29(41(3,4)27(42)10-13-43(28,6)45(23)19-46(37,63-22)57-20-45)60-40-36(62-38-33(53)31(51)26(17-48)59-38)35(24(49)18-56-40)61-39-34(54)32(52)30(50)25(16-47)58-39/h14,22-40,47-55H,8-13,15-20H2,1-7H3/t22?,23-,24-,25+,26-,27-,28+,29-,30+,31-,32-,33+,34+,35-,36+,37-,38-,39-,40-,42-,43+,44-,45+,46-/m0/s1. The van der Waals surface area contributed by atoms with Crippen molar-refractivity contribution < 1.29 is 83.9 Å². The normalized spacial score (nSPS) is 57.2. The molecule has 5 heterocycles. The largest absolute Gasteiger partial charge is 0.394 e. The summed E-state index contributed by atoms with van der Waals surface area (Å²) < 4.78 is 50.7. The van der Waals surface area contributed by atoms with Crippen molar-refractivity contribution in [3.63, 3.8) is 0 Å². The number of hydrogen-bond donors (Lipinski definition) is 9. The summed E-state index contributed by atoms with van der Waals surface area (Å²) in [6.07, 6.45) is -11.0. The van der Waals surface area contributed by atoms with E-state index in [4.69, 9.17) is 37.9 Å². The minimum Gasteiger partial charge on any atom is -0.394 e. The average molecular weight is 899 g/mol. The van der Waals surface area contributed by atoms with Crippen LogP contribution in [0.3, 0.4) is 0 Å². The maximum absolute atomic E-state index is 12.2. The van der Waals surface area contributed by atoms with Crippen LogP contribution in [0.25, 0.3) is 0 Å². The van der Waals surface area contributed by atoms with Gasteiger partial charge in [-0.1, -0.05) is 39.3 Å². The third kappa shape index (κ3) is 7.11. The van der Waals surface area contributed by atoms with Crippen molar-refractivity contribution in [3.05, 3.63) is 11.6 Å². The molecule has 9 fully saturated rings. The Morgan fingerprint density at radius 3 is 2.00 bits per heavy atom. The molecule has 0 aromatic rings. The van der Waals surface area contributed by atoms with Gasteiger partial charge in [0.25, 0.3) is 0 Å². The second kappa shape index (κ2) is 16.4. The highest BCUT2D eigenvalue weighted by atomic mass is 16.8. The van der Waals surface area contributed by atoms with Crippen LogP contribution in [0.4, 0.5) is 0 Å². The van der Waals surface area contributed by atoms with E-state index in [1.165, 1.54) is 0 Å². The zero-order valence-corrected chi connectivity index (χ0v) is 37.8. The van der Waals surface area contributed by atoms with E-state index in [1.807, 2.05) is 6.92 Å². The lowest BCUT2D eigenvalue weighted by Gasteiger charge is -2.70. The first-order chi connectivity index (χ1) is 29.6. The number of fused-ring (bicyclic) bond motifs is 4. The van der Waals surface area contributed by atoms with E-state index in [0.29, 0.717) is 25.4 Å². The Morgan fingerprint density at radius 1 is 0.714 bits per heavy atom. The van der Waals surface area contributed by atoms with Crippen LogP contribution in [0.2, 0.25) is 0 Å². The number of rotatable bonds is 9. The molecular formula is C46H74O17. The van der Waals surface area contributed by atoms with Crippen LogP contribution in [0, 0.1) is 45.3 Å². The van der Waals surface area contributed by atoms with Crippen LogP contribution in [0.1, 0.15) is 99.8 Å². The van der Waals surface area contributed by atoms with Crippen molar-refractivity contribution in [2.24, 2.45) is 45.3 Å². The van der Waals surface area contributed by atoms with Crippen LogP contribution in [0.5, 0.6) is 0 Å². The van der Waals surface area contributed by atoms with Gasteiger partial charge in [-0.3, -0.25) is 0 Å². The lowest BCUT2D eigenvalue weighted by atomic mass is 9.35. The van der Waals surface area contributed by atoms with Crippen molar-refractivity contribution in [2.75, 3.05) is 26.4 Å². The fourth-order valence-corrected chi connectivity index (χ4v) is 15.6. The van der Waals surface area contributed by atoms with Gasteiger partial charge in [0, 0.05) is 24.2 Å². The van der Waals surface area contributed by atoms with Gasteiger partial charge in [-0.25, -0.2) is 0 Å². The maximum atomic E-state index is 12.2. The second-order valence-electron chi connectivity index (χ2n) is 22.5. The Morgan fingerprint density at radius 2 is 1.35 bits per heavy atom. The van der Waals surface area contributed by atoms with Gasteiger partial charge in [-0.05, 0) is 93.3 Å². The van der Waals surface area contributed by atoms with Crippen molar-refractivity contribution in [1.82, 2.24) is 0 Å². The van der Waals surface area contributed by atoms with Gasteiger partial charge in [0.15, 0.2) is 24.7 Å². The Balaban J connectivity index is 0.969. The SMILES string of the molecule is CC(C)=CC1C[C@](C)(O)[C@@H]2[C@@H]3CC[C@@H]4[C@@]5(C)CC[C@H](O[C@@H]6OC[C@H](O)[C@H](O[C@@H]7O[C@H](CO)[C@@H](O)[C@H](O)[C@H]7O)[C@H]6O[C@@H]6O[C@@H](CO)[C@H](O)[C@H]6O)C(C)(C)[C@@H]5CC[C@@]4(C)[C@]34CO[C@@]2(C4)O1. The number of ether oxygens (including phenoxy) is 8. The Bertz CT molecular complexity index is 1710. The minimum atomic E-state index is -1.79. The first-order valence-electron chi connectivity index (χ1n) is 23.5. The van der Waals surface area contributed by atoms with Crippen molar-refractivity contribution in [3.8, 4) is 0 Å². The summed E-state index contributed by atoms with van der Waals surface area (Å²) in [5.74, 6) is -0.0237. The number of aliphatic hydroxyl groups is 9. The van der Waals surface area contributed by atoms with Crippen LogP contribution in [-0.2, 0) is 37.9 Å². The molecule has 9 N–H and O–H groups in total. The summed E-state index contributed by atoms with van der Waals surface area (Å²) in [6, 6.07) is 0. The van der Waals surface area contributed by atoms with Crippen molar-refractivity contribution in [2.45, 2.75) is 203 Å². The molecule has 1 unspecified atom stereocenters. The lowest BCUT2D eigenvalue weighted by Crippen LogP contribution is -2.67. The fraction of sp³-hybridized carbons (Fsp3) is 0.957. The highest BCUT2D eigenvalue weighted by Gasteiger charge is 2.81. The minimum absolute atomic E-state index is 0.0626. The monoisotopic (exact) mass is 898 g/mol. The molecule has 4 aliphatic carbocycles. The molecule has 63 heavy (non-hydrogen) atoms. The van der Waals surface area contributed by atoms with Gasteiger partial charge in [0.2, 0.25) is 0 Å². The first-order valence-corrected chi connectivity index (χ1v) is 23.5. The van der Waals surface area contributed by atoms with Gasteiger partial charge in [-0.2, -0.15) is 0 Å². The molecule has 360 valence electrons. The topological polar surface area (TPSA) is 256 Å². The lowest BCUT2D eigenvalue weighted by molar-refractivity contribution is -0.375. The summed E-state index contributed by atoms with van der Waals surface area (Å²) in [7, 11) is 0. The summed E-state index contributed by atoms with van der Waals surface area (Å²) in [6.45, 7) is 14.6. The summed E-state index contributed by atoms with van der Waals surface area (Å²) >= 11 is 0. The van der Waals surface area contributed by atoms with Gasteiger partial charge in [0.1, 0.15) is 61.0 Å². The van der Waals surface area contributed by atoms with Crippen LogP contribution >= 0.6 is 0 Å². The number of aliphatic hydroxyl groups excluding tert-OH is 8. The van der Waals surface area contributed by atoms with Gasteiger partial charge in [0.05, 0.1) is 44.2 Å². The van der Waals surface area contributed by atoms with E-state index >= 15 is 0 Å². The highest BCUT2D eigenvalue weighted by Crippen LogP contribution is 2.80. The van der Waals surface area contributed by atoms with Crippen LogP contribution in [-0.4, -0.2) is 176 Å². The first kappa shape index (κ1) is 47.1. The quantitative estimate of drug-likeness (QED) is 0.114. The maximum Gasteiger partial charge on any atom is 0.187 e. The summed E-state index contributed by atoms with van der Waals surface area (Å²) in [4.78, 5) is 0. The van der Waals surface area contributed by atoms with E-state index in [-0.39, 0.29) is 52.8 Å². The molecule has 0 aromatic carbocycles. The third-order valence-corrected chi connectivity index (χ3v) is 18.4. The molecule has 24 atom stereocenters. The van der Waals surface area contributed by atoms with Gasteiger partial charge >= 0.3 is 0 Å². The molecule has 17 nitrogen and oxygen atoms in total. The molecule has 0 aromatic heterocycles. The number of hydrogen-bond acceptors (Lipinski definition) is 17. The zero-order chi connectivity index (χ0) is 45.4. The third-order valence-electron chi connectivity index (χ3n) is 18.4. The van der Waals surface area contributed by atoms with E-state index in [9.17, 15) is 46.0 Å². The summed E-state index contributed by atoms with van der Waals surface area (Å²) in [5, 5.41) is 96.7. The average Bonchev–Trinajstić information content (AvgIpc) is 3.83. The molecule has 9 aliphatic rings. The van der Waals surface area contributed by atoms with Crippen LogP contribution < -0.4 is 0 Å². The fourth-order valence-electron chi connectivity index (χ4n) is 15.6. The Hall–Kier alpha value is -0.940. The number of allylic oxidation sites excluding steroid dienone is 1. The summed E-state index contributed by atoms with van der Waals surface area (Å²) in [5.41, 5.74) is -0.453. The predicted octanol–water partition coefficient (Wildman–Crippen LogP) is 0.606.